The number of aromatic nitrogens is 1. The zero-order chi connectivity index (χ0) is 14.7. The molecule has 21 heavy (non-hydrogen) atoms. The summed E-state index contributed by atoms with van der Waals surface area (Å²) in [7, 11) is 0. The fourth-order valence-corrected chi connectivity index (χ4v) is 2.98. The second-order valence-corrected chi connectivity index (χ2v) is 5.95. The second-order valence-electron chi connectivity index (χ2n) is 5.04. The van der Waals surface area contributed by atoms with E-state index in [2.05, 4.69) is 69.6 Å². The lowest BCUT2D eigenvalue weighted by atomic mass is 10.0. The molecule has 106 valence electrons. The first-order valence-electron chi connectivity index (χ1n) is 7.13. The van der Waals surface area contributed by atoms with Crippen molar-refractivity contribution in [1.29, 1.82) is 0 Å². The Labute approximate surface area is 133 Å². The minimum absolute atomic E-state index is 0.285. The monoisotopic (exact) mass is 340 g/mol. The molecule has 0 radical (unpaired) electrons. The largest absolute Gasteiger partial charge is 0.378 e. The lowest BCUT2D eigenvalue weighted by molar-refractivity contribution is 0.750. The summed E-state index contributed by atoms with van der Waals surface area (Å²) in [6, 6.07) is 19.0. The Morgan fingerprint density at radius 3 is 2.76 bits per heavy atom. The van der Waals surface area contributed by atoms with Crippen LogP contribution in [0.1, 0.15) is 24.9 Å². The number of rotatable bonds is 4. The maximum Gasteiger partial charge on any atom is 0.0722 e. The minimum atomic E-state index is 0.285. The molecule has 1 N–H and O–H groups in total. The van der Waals surface area contributed by atoms with Crippen LogP contribution in [0.2, 0.25) is 0 Å². The molecule has 3 aromatic rings. The number of pyridine rings is 1. The number of nitrogens with zero attached hydrogens (tertiary/aromatic N) is 1. The highest BCUT2D eigenvalue weighted by molar-refractivity contribution is 9.10. The number of hydrogen-bond acceptors (Lipinski definition) is 2. The highest BCUT2D eigenvalue weighted by atomic mass is 79.9. The van der Waals surface area contributed by atoms with Crippen LogP contribution in [0.5, 0.6) is 0 Å². The molecule has 0 fully saturated rings. The average molecular weight is 341 g/mol. The fourth-order valence-electron chi connectivity index (χ4n) is 2.56. The molecular weight excluding hydrogens is 324 g/mol. The Balaban J connectivity index is 1.96. The van der Waals surface area contributed by atoms with E-state index in [0.717, 1.165) is 27.5 Å². The van der Waals surface area contributed by atoms with Crippen LogP contribution in [0.3, 0.4) is 0 Å². The van der Waals surface area contributed by atoms with E-state index in [1.807, 2.05) is 24.4 Å². The zero-order valence-corrected chi connectivity index (χ0v) is 13.5. The normalized spacial score (nSPS) is 12.3. The molecule has 0 bridgehead atoms. The Morgan fingerprint density at radius 1 is 1.10 bits per heavy atom. The molecule has 1 unspecified atom stereocenters. The van der Waals surface area contributed by atoms with Crippen molar-refractivity contribution < 1.29 is 0 Å². The second kappa shape index (κ2) is 6.27. The lowest BCUT2D eigenvalue weighted by Crippen LogP contribution is -2.10. The predicted molar refractivity (Wildman–Crippen MR) is 92.5 cm³/mol. The number of fused-ring (bicyclic) bond motifs is 1. The van der Waals surface area contributed by atoms with Crippen molar-refractivity contribution in [3.05, 3.63) is 70.8 Å². The molecule has 3 heteroatoms. The van der Waals surface area contributed by atoms with E-state index in [1.54, 1.807) is 0 Å². The molecule has 0 aliphatic heterocycles. The summed E-state index contributed by atoms with van der Waals surface area (Å²) in [4.78, 5) is 4.41. The van der Waals surface area contributed by atoms with E-state index in [4.69, 9.17) is 0 Å². The molecule has 0 spiro atoms. The van der Waals surface area contributed by atoms with Crippen molar-refractivity contribution in [2.24, 2.45) is 0 Å². The van der Waals surface area contributed by atoms with Gasteiger partial charge in [0, 0.05) is 21.7 Å². The van der Waals surface area contributed by atoms with Crippen LogP contribution in [0.4, 0.5) is 5.69 Å². The van der Waals surface area contributed by atoms with Crippen molar-refractivity contribution in [2.45, 2.75) is 19.4 Å². The van der Waals surface area contributed by atoms with Gasteiger partial charge in [-0.15, -0.1) is 0 Å². The van der Waals surface area contributed by atoms with Crippen LogP contribution in [0.25, 0.3) is 10.9 Å². The predicted octanol–water partition coefficient (Wildman–Crippen LogP) is 5.56. The van der Waals surface area contributed by atoms with Crippen LogP contribution >= 0.6 is 15.9 Å². The fraction of sp³-hybridized carbons (Fsp3) is 0.167. The van der Waals surface area contributed by atoms with E-state index >= 15 is 0 Å². The molecule has 3 rings (SSSR count). The number of benzene rings is 2. The average Bonchev–Trinajstić information content (AvgIpc) is 2.52. The number of anilines is 1. The van der Waals surface area contributed by atoms with Crippen molar-refractivity contribution in [2.75, 3.05) is 5.32 Å². The van der Waals surface area contributed by atoms with Crippen LogP contribution < -0.4 is 5.32 Å². The first kappa shape index (κ1) is 14.1. The van der Waals surface area contributed by atoms with Gasteiger partial charge in [-0.2, -0.15) is 0 Å². The molecule has 2 nitrogen and oxygen atoms in total. The standard InChI is InChI=1S/C18H17BrN2/c1-2-16(13-6-3-7-14(19)12-13)21-18-10-4-9-17-15(18)8-5-11-20-17/h3-12,16,21H,2H2,1H3. The summed E-state index contributed by atoms with van der Waals surface area (Å²) in [6.45, 7) is 2.20. The quantitative estimate of drug-likeness (QED) is 0.672. The van der Waals surface area contributed by atoms with Gasteiger partial charge >= 0.3 is 0 Å². The van der Waals surface area contributed by atoms with Crippen molar-refractivity contribution in [3.8, 4) is 0 Å². The highest BCUT2D eigenvalue weighted by Gasteiger charge is 2.11. The van der Waals surface area contributed by atoms with Crippen LogP contribution in [0.15, 0.2) is 65.3 Å². The SMILES string of the molecule is CCC(Nc1cccc2ncccc12)c1cccc(Br)c1. The Morgan fingerprint density at radius 2 is 1.95 bits per heavy atom. The van der Waals surface area contributed by atoms with Crippen molar-refractivity contribution in [3.63, 3.8) is 0 Å². The minimum Gasteiger partial charge on any atom is -0.378 e. The van der Waals surface area contributed by atoms with Gasteiger partial charge in [0.15, 0.2) is 0 Å². The summed E-state index contributed by atoms with van der Waals surface area (Å²) in [6.07, 6.45) is 2.85. The van der Waals surface area contributed by atoms with Gasteiger partial charge < -0.3 is 5.32 Å². The number of hydrogen-bond donors (Lipinski definition) is 1. The summed E-state index contributed by atoms with van der Waals surface area (Å²) >= 11 is 3.55. The van der Waals surface area contributed by atoms with Gasteiger partial charge in [0.2, 0.25) is 0 Å². The van der Waals surface area contributed by atoms with Crippen molar-refractivity contribution >= 4 is 32.5 Å². The molecule has 0 aliphatic rings. The third-order valence-corrected chi connectivity index (χ3v) is 4.13. The molecule has 0 saturated heterocycles. The Kier molecular flexibility index (Phi) is 4.20. The molecule has 1 aromatic heterocycles. The van der Waals surface area contributed by atoms with Crippen LogP contribution in [-0.2, 0) is 0 Å². The molecule has 0 saturated carbocycles. The van der Waals surface area contributed by atoms with Gasteiger partial charge in [-0.05, 0) is 48.4 Å². The molecule has 2 aromatic carbocycles. The van der Waals surface area contributed by atoms with E-state index < -0.39 is 0 Å². The Hall–Kier alpha value is -1.87. The molecule has 0 aliphatic carbocycles. The zero-order valence-electron chi connectivity index (χ0n) is 11.9. The summed E-state index contributed by atoms with van der Waals surface area (Å²) in [5.74, 6) is 0. The molecule has 1 atom stereocenters. The van der Waals surface area contributed by atoms with Crippen molar-refractivity contribution in [1.82, 2.24) is 4.98 Å². The summed E-state index contributed by atoms with van der Waals surface area (Å²) in [5, 5.41) is 4.81. The Bertz CT molecular complexity index is 750. The van der Waals surface area contributed by atoms with Gasteiger partial charge in [0.1, 0.15) is 0 Å². The van der Waals surface area contributed by atoms with E-state index in [-0.39, 0.29) is 6.04 Å². The maximum atomic E-state index is 4.41. The number of halogens is 1. The van der Waals surface area contributed by atoms with E-state index in [9.17, 15) is 0 Å². The van der Waals surface area contributed by atoms with E-state index in [1.165, 1.54) is 5.56 Å². The molecule has 0 amide bonds. The van der Waals surface area contributed by atoms with Gasteiger partial charge in [-0.25, -0.2) is 0 Å². The topological polar surface area (TPSA) is 24.9 Å². The smallest absolute Gasteiger partial charge is 0.0722 e. The first-order chi connectivity index (χ1) is 10.3. The van der Waals surface area contributed by atoms with Gasteiger partial charge in [-0.3, -0.25) is 4.98 Å². The van der Waals surface area contributed by atoms with E-state index in [0.29, 0.717) is 0 Å². The highest BCUT2D eigenvalue weighted by Crippen LogP contribution is 2.28. The third-order valence-electron chi connectivity index (χ3n) is 3.63. The van der Waals surface area contributed by atoms with Gasteiger partial charge in [0.05, 0.1) is 11.6 Å². The van der Waals surface area contributed by atoms with Gasteiger partial charge in [0.25, 0.3) is 0 Å². The maximum absolute atomic E-state index is 4.41. The molecule has 1 heterocycles. The van der Waals surface area contributed by atoms with Gasteiger partial charge in [-0.1, -0.05) is 41.1 Å². The summed E-state index contributed by atoms with van der Waals surface area (Å²) in [5.41, 5.74) is 3.44. The third kappa shape index (κ3) is 3.08. The van der Waals surface area contributed by atoms with Crippen LogP contribution in [0, 0.1) is 0 Å². The van der Waals surface area contributed by atoms with Crippen LogP contribution in [-0.4, -0.2) is 4.98 Å². The molecular formula is C18H17BrN2. The number of nitrogens with one attached hydrogen (secondary N) is 1. The first-order valence-corrected chi connectivity index (χ1v) is 7.93. The summed E-state index contributed by atoms with van der Waals surface area (Å²) < 4.78 is 1.11. The lowest BCUT2D eigenvalue weighted by Gasteiger charge is -2.20.